The lowest BCUT2D eigenvalue weighted by molar-refractivity contribution is 0.474. The Labute approximate surface area is 93.0 Å². The molecule has 0 radical (unpaired) electrons. The monoisotopic (exact) mass is 225 g/mol. The lowest BCUT2D eigenvalue weighted by Gasteiger charge is -2.07. The molecular formula is C10H11NOS2. The predicted molar refractivity (Wildman–Crippen MR) is 66.4 cm³/mol. The van der Waals surface area contributed by atoms with Crippen molar-refractivity contribution in [3.8, 4) is 5.75 Å². The van der Waals surface area contributed by atoms with Gasteiger partial charge < -0.3 is 10.4 Å². The zero-order valence-corrected chi connectivity index (χ0v) is 9.41. The topological polar surface area (TPSA) is 32.3 Å². The average molecular weight is 225 g/mol. The SMILES string of the molecule is C=C(SC(=S)NC)c1ccccc1O. The molecule has 0 aliphatic carbocycles. The summed E-state index contributed by atoms with van der Waals surface area (Å²) in [5.74, 6) is 0.226. The summed E-state index contributed by atoms with van der Waals surface area (Å²) in [6, 6.07) is 7.06. The van der Waals surface area contributed by atoms with Gasteiger partial charge in [0.25, 0.3) is 0 Å². The second-order valence-corrected chi connectivity index (χ2v) is 4.35. The van der Waals surface area contributed by atoms with E-state index in [1.807, 2.05) is 12.1 Å². The van der Waals surface area contributed by atoms with E-state index >= 15 is 0 Å². The summed E-state index contributed by atoms with van der Waals surface area (Å²) in [7, 11) is 1.76. The summed E-state index contributed by atoms with van der Waals surface area (Å²) in [5.41, 5.74) is 0.718. The van der Waals surface area contributed by atoms with Crippen LogP contribution in [0.15, 0.2) is 30.8 Å². The second-order valence-electron chi connectivity index (χ2n) is 2.58. The number of phenolic OH excluding ortho intramolecular Hbond substituents is 1. The number of para-hydroxylation sites is 1. The summed E-state index contributed by atoms with van der Waals surface area (Å²) in [4.78, 5) is 0.738. The molecule has 0 amide bonds. The van der Waals surface area contributed by atoms with Gasteiger partial charge in [0.05, 0.1) is 0 Å². The number of nitrogens with one attached hydrogen (secondary N) is 1. The van der Waals surface area contributed by atoms with E-state index in [0.29, 0.717) is 4.32 Å². The van der Waals surface area contributed by atoms with Crippen molar-refractivity contribution < 1.29 is 5.11 Å². The van der Waals surface area contributed by atoms with Crippen LogP contribution in [-0.2, 0) is 0 Å². The molecule has 4 heteroatoms. The van der Waals surface area contributed by atoms with Crippen LogP contribution in [-0.4, -0.2) is 16.5 Å². The quantitative estimate of drug-likeness (QED) is 0.758. The van der Waals surface area contributed by atoms with Crippen LogP contribution in [0.25, 0.3) is 4.91 Å². The fourth-order valence-electron chi connectivity index (χ4n) is 0.927. The smallest absolute Gasteiger partial charge is 0.138 e. The molecule has 0 fully saturated rings. The van der Waals surface area contributed by atoms with Crippen molar-refractivity contribution >= 4 is 33.2 Å². The maximum absolute atomic E-state index is 9.53. The van der Waals surface area contributed by atoms with Gasteiger partial charge in [0.2, 0.25) is 0 Å². The van der Waals surface area contributed by atoms with Crippen LogP contribution in [0.1, 0.15) is 5.56 Å². The molecular weight excluding hydrogens is 214 g/mol. The Balaban J connectivity index is 2.80. The molecule has 0 spiro atoms. The third kappa shape index (κ3) is 2.75. The van der Waals surface area contributed by atoms with Gasteiger partial charge in [-0.05, 0) is 6.07 Å². The molecule has 1 rings (SSSR count). The van der Waals surface area contributed by atoms with Gasteiger partial charge in [-0.3, -0.25) is 0 Å². The molecule has 74 valence electrons. The maximum atomic E-state index is 9.53. The molecule has 0 saturated carbocycles. The Kier molecular flexibility index (Phi) is 3.98. The van der Waals surface area contributed by atoms with Crippen molar-refractivity contribution in [3.63, 3.8) is 0 Å². The molecule has 0 aromatic heterocycles. The number of phenols is 1. The Bertz CT molecular complexity index is 363. The van der Waals surface area contributed by atoms with Crippen molar-refractivity contribution in [2.24, 2.45) is 0 Å². The van der Waals surface area contributed by atoms with E-state index in [1.165, 1.54) is 11.8 Å². The third-order valence-electron chi connectivity index (χ3n) is 1.62. The van der Waals surface area contributed by atoms with Crippen LogP contribution in [0, 0.1) is 0 Å². The Morgan fingerprint density at radius 3 is 2.71 bits per heavy atom. The van der Waals surface area contributed by atoms with Gasteiger partial charge in [0, 0.05) is 17.5 Å². The van der Waals surface area contributed by atoms with Crippen LogP contribution in [0.5, 0.6) is 5.75 Å². The first-order valence-corrected chi connectivity index (χ1v) is 5.24. The van der Waals surface area contributed by atoms with Crippen LogP contribution < -0.4 is 5.32 Å². The first-order valence-electron chi connectivity index (χ1n) is 4.02. The summed E-state index contributed by atoms with van der Waals surface area (Å²) < 4.78 is 0.637. The summed E-state index contributed by atoms with van der Waals surface area (Å²) in [6.45, 7) is 3.85. The highest BCUT2D eigenvalue weighted by Crippen LogP contribution is 2.31. The first kappa shape index (κ1) is 11.1. The molecule has 1 aromatic rings. The number of thioether (sulfide) groups is 1. The van der Waals surface area contributed by atoms with Crippen LogP contribution in [0.4, 0.5) is 0 Å². The molecule has 0 atom stereocenters. The number of hydrogen-bond donors (Lipinski definition) is 2. The number of aromatic hydroxyl groups is 1. The molecule has 2 N–H and O–H groups in total. The number of thiocarbonyl (C=S) groups is 1. The number of hydrogen-bond acceptors (Lipinski definition) is 3. The molecule has 2 nitrogen and oxygen atoms in total. The fourth-order valence-corrected chi connectivity index (χ4v) is 1.84. The van der Waals surface area contributed by atoms with E-state index in [-0.39, 0.29) is 5.75 Å². The van der Waals surface area contributed by atoms with E-state index in [4.69, 9.17) is 12.2 Å². The minimum Gasteiger partial charge on any atom is -0.507 e. The van der Waals surface area contributed by atoms with E-state index in [1.54, 1.807) is 19.2 Å². The Morgan fingerprint density at radius 1 is 1.50 bits per heavy atom. The van der Waals surface area contributed by atoms with Gasteiger partial charge >= 0.3 is 0 Å². The lowest BCUT2D eigenvalue weighted by atomic mass is 10.2. The van der Waals surface area contributed by atoms with E-state index < -0.39 is 0 Å². The molecule has 0 bridgehead atoms. The predicted octanol–water partition coefficient (Wildman–Crippen LogP) is 2.60. The fraction of sp³-hybridized carbons (Fsp3) is 0.100. The van der Waals surface area contributed by atoms with E-state index in [0.717, 1.165) is 10.5 Å². The van der Waals surface area contributed by atoms with Crippen molar-refractivity contribution in [2.75, 3.05) is 7.05 Å². The van der Waals surface area contributed by atoms with Crippen molar-refractivity contribution in [2.45, 2.75) is 0 Å². The highest BCUT2D eigenvalue weighted by atomic mass is 32.2. The average Bonchev–Trinajstić information content (AvgIpc) is 2.18. The van der Waals surface area contributed by atoms with Crippen LogP contribution in [0.2, 0.25) is 0 Å². The van der Waals surface area contributed by atoms with Gasteiger partial charge in [0.1, 0.15) is 10.1 Å². The van der Waals surface area contributed by atoms with Crippen LogP contribution >= 0.6 is 24.0 Å². The standard InChI is InChI=1S/C10H11NOS2/c1-7(14-10(13)11-2)8-5-3-4-6-9(8)12/h3-6,12H,1H2,2H3,(H,11,13). The highest BCUT2D eigenvalue weighted by molar-refractivity contribution is 8.29. The van der Waals surface area contributed by atoms with Crippen molar-refractivity contribution in [1.82, 2.24) is 5.32 Å². The number of benzene rings is 1. The summed E-state index contributed by atoms with van der Waals surface area (Å²) in [5, 5.41) is 12.4. The van der Waals surface area contributed by atoms with Gasteiger partial charge in [-0.1, -0.05) is 48.8 Å². The van der Waals surface area contributed by atoms with Crippen molar-refractivity contribution in [3.05, 3.63) is 36.4 Å². The summed E-state index contributed by atoms with van der Waals surface area (Å²) >= 11 is 6.32. The molecule has 1 aromatic carbocycles. The maximum Gasteiger partial charge on any atom is 0.138 e. The molecule has 0 aliphatic heterocycles. The van der Waals surface area contributed by atoms with E-state index in [2.05, 4.69) is 11.9 Å². The van der Waals surface area contributed by atoms with E-state index in [9.17, 15) is 5.11 Å². The van der Waals surface area contributed by atoms with Gasteiger partial charge in [0.15, 0.2) is 0 Å². The molecule has 0 unspecified atom stereocenters. The molecule has 14 heavy (non-hydrogen) atoms. The Morgan fingerprint density at radius 2 is 2.14 bits per heavy atom. The van der Waals surface area contributed by atoms with Gasteiger partial charge in [-0.25, -0.2) is 0 Å². The minimum atomic E-state index is 0.226. The van der Waals surface area contributed by atoms with Gasteiger partial charge in [-0.15, -0.1) is 0 Å². The largest absolute Gasteiger partial charge is 0.507 e. The lowest BCUT2D eigenvalue weighted by Crippen LogP contribution is -2.10. The van der Waals surface area contributed by atoms with Crippen LogP contribution in [0.3, 0.4) is 0 Å². The number of rotatable bonds is 2. The summed E-state index contributed by atoms with van der Waals surface area (Å²) in [6.07, 6.45) is 0. The van der Waals surface area contributed by atoms with Crippen molar-refractivity contribution in [1.29, 1.82) is 0 Å². The zero-order chi connectivity index (χ0) is 10.6. The third-order valence-corrected chi connectivity index (χ3v) is 2.93. The van der Waals surface area contributed by atoms with Gasteiger partial charge in [-0.2, -0.15) is 0 Å². The minimum absolute atomic E-state index is 0.226. The zero-order valence-electron chi connectivity index (χ0n) is 7.78. The molecule has 0 saturated heterocycles. The Hall–Kier alpha value is -1.00. The normalized spacial score (nSPS) is 9.50. The molecule has 0 aliphatic rings. The first-order chi connectivity index (χ1) is 6.65. The molecule has 0 heterocycles. The highest BCUT2D eigenvalue weighted by Gasteiger charge is 2.06. The second kappa shape index (κ2) is 5.02.